The number of ether oxygens (including phenoxy) is 1. The van der Waals surface area contributed by atoms with Gasteiger partial charge in [0.1, 0.15) is 10.6 Å². The SMILES string of the molecule is O=C(Nc1cccc(SC(F)F)c1)c1sccc1OC(F)F. The maximum absolute atomic E-state index is 12.3. The molecule has 0 saturated carbocycles. The lowest BCUT2D eigenvalue weighted by Gasteiger charge is -2.08. The number of carbonyl (C=O) groups is 1. The van der Waals surface area contributed by atoms with E-state index in [4.69, 9.17) is 0 Å². The molecule has 1 heterocycles. The number of hydrogen-bond donors (Lipinski definition) is 1. The van der Waals surface area contributed by atoms with E-state index in [0.29, 0.717) is 11.8 Å². The van der Waals surface area contributed by atoms with Crippen LogP contribution in [0.25, 0.3) is 0 Å². The first kappa shape index (κ1) is 16.6. The third kappa shape index (κ3) is 4.63. The molecule has 0 aliphatic rings. The smallest absolute Gasteiger partial charge is 0.387 e. The first-order valence-corrected chi connectivity index (χ1v) is 7.60. The monoisotopic (exact) mass is 351 g/mol. The van der Waals surface area contributed by atoms with E-state index in [2.05, 4.69) is 10.1 Å². The summed E-state index contributed by atoms with van der Waals surface area (Å²) in [6.45, 7) is -3.04. The maximum atomic E-state index is 12.3. The van der Waals surface area contributed by atoms with Crippen molar-refractivity contribution < 1.29 is 27.1 Å². The second-order valence-electron chi connectivity index (χ2n) is 3.85. The number of rotatable bonds is 6. The predicted octanol–water partition coefficient (Wildman–Crippen LogP) is 4.92. The van der Waals surface area contributed by atoms with Crippen LogP contribution in [0.4, 0.5) is 23.2 Å². The number of benzene rings is 1. The van der Waals surface area contributed by atoms with Gasteiger partial charge in [-0.25, -0.2) is 0 Å². The average Bonchev–Trinajstić information content (AvgIpc) is 2.85. The zero-order valence-electron chi connectivity index (χ0n) is 10.8. The molecule has 0 saturated heterocycles. The van der Waals surface area contributed by atoms with Crippen LogP contribution >= 0.6 is 23.1 Å². The highest BCUT2D eigenvalue weighted by Crippen LogP contribution is 2.29. The third-order valence-electron chi connectivity index (χ3n) is 2.37. The van der Waals surface area contributed by atoms with Crippen LogP contribution in [-0.2, 0) is 0 Å². The largest absolute Gasteiger partial charge is 0.433 e. The fourth-order valence-corrected chi connectivity index (χ4v) is 2.87. The number of carbonyl (C=O) groups excluding carboxylic acids is 1. The lowest BCUT2D eigenvalue weighted by atomic mass is 10.3. The molecule has 0 aliphatic heterocycles. The first-order valence-electron chi connectivity index (χ1n) is 5.84. The molecule has 3 nitrogen and oxygen atoms in total. The number of halogens is 4. The zero-order chi connectivity index (χ0) is 16.1. The summed E-state index contributed by atoms with van der Waals surface area (Å²) in [7, 11) is 0. The summed E-state index contributed by atoms with van der Waals surface area (Å²) in [4.78, 5) is 12.3. The molecule has 9 heteroatoms. The number of thiophene rings is 1. The predicted molar refractivity (Wildman–Crippen MR) is 77.2 cm³/mol. The Morgan fingerprint density at radius 1 is 1.23 bits per heavy atom. The van der Waals surface area contributed by atoms with Crippen molar-refractivity contribution in [2.45, 2.75) is 17.3 Å². The van der Waals surface area contributed by atoms with E-state index in [1.807, 2.05) is 0 Å². The highest BCUT2D eigenvalue weighted by atomic mass is 32.2. The Kier molecular flexibility index (Phi) is 5.67. The van der Waals surface area contributed by atoms with Crippen molar-refractivity contribution in [1.82, 2.24) is 0 Å². The molecule has 1 aromatic carbocycles. The number of nitrogens with one attached hydrogen (secondary N) is 1. The molecule has 0 spiro atoms. The molecular formula is C13H9F4NO2S2. The van der Waals surface area contributed by atoms with Gasteiger partial charge in [-0.3, -0.25) is 4.79 Å². The minimum Gasteiger partial charge on any atom is -0.433 e. The van der Waals surface area contributed by atoms with E-state index >= 15 is 0 Å². The molecule has 0 radical (unpaired) electrons. The zero-order valence-corrected chi connectivity index (χ0v) is 12.4. The van der Waals surface area contributed by atoms with Crippen molar-refractivity contribution in [3.05, 3.63) is 40.6 Å². The lowest BCUT2D eigenvalue weighted by molar-refractivity contribution is -0.0498. The van der Waals surface area contributed by atoms with Crippen molar-refractivity contribution in [1.29, 1.82) is 0 Å². The minimum atomic E-state index is -3.04. The Labute approximate surface area is 131 Å². The topological polar surface area (TPSA) is 38.3 Å². The summed E-state index contributed by atoms with van der Waals surface area (Å²) in [6, 6.07) is 7.12. The van der Waals surface area contributed by atoms with E-state index in [9.17, 15) is 22.4 Å². The van der Waals surface area contributed by atoms with Crippen LogP contribution in [0.5, 0.6) is 5.75 Å². The second-order valence-corrected chi connectivity index (χ2v) is 5.83. The standard InChI is InChI=1S/C13H9F4NO2S2/c14-12(15)20-9-4-5-21-10(9)11(19)18-7-2-1-3-8(6-7)22-13(16)17/h1-6,12-13H,(H,18,19). The van der Waals surface area contributed by atoms with E-state index in [0.717, 1.165) is 11.3 Å². The van der Waals surface area contributed by atoms with Gasteiger partial charge in [-0.2, -0.15) is 17.6 Å². The minimum absolute atomic E-state index is 0.0211. The molecule has 2 aromatic rings. The van der Waals surface area contributed by atoms with Gasteiger partial charge in [0, 0.05) is 10.6 Å². The fourth-order valence-electron chi connectivity index (χ4n) is 1.59. The van der Waals surface area contributed by atoms with E-state index in [-0.39, 0.29) is 21.2 Å². The van der Waals surface area contributed by atoms with Gasteiger partial charge in [0.05, 0.1) is 0 Å². The van der Waals surface area contributed by atoms with Gasteiger partial charge in [-0.15, -0.1) is 11.3 Å². The quantitative estimate of drug-likeness (QED) is 0.593. The Hall–Kier alpha value is -1.74. The molecule has 0 bridgehead atoms. The molecule has 118 valence electrons. The van der Waals surface area contributed by atoms with Crippen LogP contribution in [0, 0.1) is 0 Å². The molecular weight excluding hydrogens is 342 g/mol. The number of anilines is 1. The van der Waals surface area contributed by atoms with Gasteiger partial charge in [-0.1, -0.05) is 17.8 Å². The summed E-state index contributed by atoms with van der Waals surface area (Å²) in [5.41, 5.74) is 0.284. The Morgan fingerprint density at radius 2 is 2.00 bits per heavy atom. The van der Waals surface area contributed by atoms with E-state index < -0.39 is 18.3 Å². The van der Waals surface area contributed by atoms with Gasteiger partial charge in [-0.05, 0) is 29.6 Å². The van der Waals surface area contributed by atoms with Crippen molar-refractivity contribution >= 4 is 34.7 Å². The van der Waals surface area contributed by atoms with Crippen LogP contribution in [0.1, 0.15) is 9.67 Å². The van der Waals surface area contributed by atoms with Crippen LogP contribution in [0.15, 0.2) is 40.6 Å². The van der Waals surface area contributed by atoms with Crippen molar-refractivity contribution in [3.8, 4) is 5.75 Å². The average molecular weight is 351 g/mol. The van der Waals surface area contributed by atoms with Gasteiger partial charge < -0.3 is 10.1 Å². The highest BCUT2D eigenvalue weighted by Gasteiger charge is 2.18. The molecule has 0 aliphatic carbocycles. The van der Waals surface area contributed by atoms with Crippen LogP contribution in [0.2, 0.25) is 0 Å². The Bertz CT molecular complexity index is 648. The molecule has 0 atom stereocenters. The van der Waals surface area contributed by atoms with Gasteiger partial charge in [0.2, 0.25) is 0 Å². The van der Waals surface area contributed by atoms with Crippen LogP contribution in [-0.4, -0.2) is 18.3 Å². The Morgan fingerprint density at radius 3 is 2.68 bits per heavy atom. The number of hydrogen-bond acceptors (Lipinski definition) is 4. The van der Waals surface area contributed by atoms with Gasteiger partial charge in [0.25, 0.3) is 11.7 Å². The second kappa shape index (κ2) is 7.50. The normalized spacial score (nSPS) is 11.0. The molecule has 0 fully saturated rings. The first-order chi connectivity index (χ1) is 10.5. The van der Waals surface area contributed by atoms with E-state index in [1.54, 1.807) is 0 Å². The third-order valence-corrected chi connectivity index (χ3v) is 3.97. The number of thioether (sulfide) groups is 1. The highest BCUT2D eigenvalue weighted by molar-refractivity contribution is 7.99. The molecule has 2 rings (SSSR count). The van der Waals surface area contributed by atoms with Crippen molar-refractivity contribution in [3.63, 3.8) is 0 Å². The van der Waals surface area contributed by atoms with Crippen molar-refractivity contribution in [2.75, 3.05) is 5.32 Å². The van der Waals surface area contributed by atoms with Crippen LogP contribution in [0.3, 0.4) is 0 Å². The summed E-state index contributed by atoms with van der Waals surface area (Å²) >= 11 is 1.28. The van der Waals surface area contributed by atoms with Crippen molar-refractivity contribution in [2.24, 2.45) is 0 Å². The lowest BCUT2D eigenvalue weighted by Crippen LogP contribution is -2.13. The summed E-state index contributed by atoms with van der Waals surface area (Å²) < 4.78 is 53.3. The number of amides is 1. The molecule has 1 amide bonds. The maximum Gasteiger partial charge on any atom is 0.387 e. The van der Waals surface area contributed by atoms with Crippen LogP contribution < -0.4 is 10.1 Å². The van der Waals surface area contributed by atoms with Gasteiger partial charge in [0.15, 0.2) is 0 Å². The molecule has 22 heavy (non-hydrogen) atoms. The fraction of sp³-hybridized carbons (Fsp3) is 0.154. The summed E-state index contributed by atoms with van der Waals surface area (Å²) in [5.74, 6) is -3.45. The summed E-state index contributed by atoms with van der Waals surface area (Å²) in [5, 5.41) is 3.90. The molecule has 1 N–H and O–H groups in total. The number of alkyl halides is 4. The van der Waals surface area contributed by atoms with E-state index in [1.165, 1.54) is 35.7 Å². The van der Waals surface area contributed by atoms with Gasteiger partial charge >= 0.3 is 6.61 Å². The summed E-state index contributed by atoms with van der Waals surface area (Å²) in [6.07, 6.45) is 0. The molecule has 0 unspecified atom stereocenters. The Balaban J connectivity index is 2.10. The molecule has 1 aromatic heterocycles.